The lowest BCUT2D eigenvalue weighted by Gasteiger charge is -2.32. The fraction of sp³-hybridized carbons (Fsp3) is 0.600. The summed E-state index contributed by atoms with van der Waals surface area (Å²) in [6.45, 7) is 24.0. The number of hydrogen-bond acceptors (Lipinski definition) is 8. The van der Waals surface area contributed by atoms with Crippen molar-refractivity contribution in [2.24, 2.45) is 10.8 Å². The van der Waals surface area contributed by atoms with Gasteiger partial charge < -0.3 is 30.3 Å². The number of amides is 2. The van der Waals surface area contributed by atoms with Gasteiger partial charge in [-0.2, -0.15) is 0 Å². The molecule has 0 heterocycles. The van der Waals surface area contributed by atoms with Crippen LogP contribution in [-0.2, 0) is 39.5 Å². The minimum absolute atomic E-state index is 0.0527. The van der Waals surface area contributed by atoms with Crippen molar-refractivity contribution < 1.29 is 38.9 Å². The number of ether oxygens (including phenoxy) is 2. The first-order valence-electron chi connectivity index (χ1n) is 17.4. The summed E-state index contributed by atoms with van der Waals surface area (Å²) in [4.78, 5) is 50.1. The van der Waals surface area contributed by atoms with Crippen molar-refractivity contribution in [1.82, 2.24) is 10.6 Å². The predicted molar refractivity (Wildman–Crippen MR) is 195 cm³/mol. The Kier molecular flexibility index (Phi) is 14.1. The highest BCUT2D eigenvalue weighted by molar-refractivity contribution is 6.35. The number of nitrogens with one attached hydrogen (secondary N) is 2. The number of phenolic OH excluding ortho intramolecular Hbond substituents is 2. The van der Waals surface area contributed by atoms with Gasteiger partial charge in [-0.05, 0) is 67.9 Å². The van der Waals surface area contributed by atoms with Crippen LogP contribution in [0, 0.1) is 10.8 Å². The summed E-state index contributed by atoms with van der Waals surface area (Å²) in [5.41, 5.74) is 2.34. The molecular formula is C40H60N2O8. The Morgan fingerprint density at radius 3 is 1.18 bits per heavy atom. The maximum absolute atomic E-state index is 12.8. The second-order valence-corrected chi connectivity index (χ2v) is 17.3. The third-order valence-corrected chi connectivity index (χ3v) is 8.80. The van der Waals surface area contributed by atoms with Crippen LogP contribution in [0.25, 0.3) is 0 Å². The third-order valence-electron chi connectivity index (χ3n) is 8.80. The van der Waals surface area contributed by atoms with Gasteiger partial charge in [-0.25, -0.2) is 0 Å². The molecule has 0 bridgehead atoms. The van der Waals surface area contributed by atoms with Crippen molar-refractivity contribution in [3.05, 3.63) is 58.7 Å². The summed E-state index contributed by atoms with van der Waals surface area (Å²) in [5, 5.41) is 25.6. The summed E-state index contributed by atoms with van der Waals surface area (Å²) in [5.74, 6) is -2.61. The molecule has 0 spiro atoms. The zero-order valence-corrected chi connectivity index (χ0v) is 32.2. The molecule has 10 heteroatoms. The van der Waals surface area contributed by atoms with Gasteiger partial charge in [0, 0.05) is 0 Å². The lowest BCUT2D eigenvalue weighted by molar-refractivity contribution is -0.146. The highest BCUT2D eigenvalue weighted by Gasteiger charge is 2.32. The van der Waals surface area contributed by atoms with Gasteiger partial charge in [0.25, 0.3) is 0 Å². The maximum Gasteiger partial charge on any atom is 0.309 e. The largest absolute Gasteiger partial charge is 0.508 e. The Morgan fingerprint density at radius 1 is 0.580 bits per heavy atom. The molecule has 0 aliphatic carbocycles. The van der Waals surface area contributed by atoms with Crippen LogP contribution < -0.4 is 10.6 Å². The van der Waals surface area contributed by atoms with Gasteiger partial charge in [0.15, 0.2) is 0 Å². The fourth-order valence-electron chi connectivity index (χ4n) is 5.86. The molecule has 278 valence electrons. The van der Waals surface area contributed by atoms with E-state index in [1.807, 2.05) is 107 Å². The van der Waals surface area contributed by atoms with Crippen molar-refractivity contribution in [2.45, 2.75) is 119 Å². The summed E-state index contributed by atoms with van der Waals surface area (Å²) >= 11 is 0. The summed E-state index contributed by atoms with van der Waals surface area (Å²) in [7, 11) is 0. The fourth-order valence-corrected chi connectivity index (χ4v) is 5.86. The van der Waals surface area contributed by atoms with Gasteiger partial charge >= 0.3 is 23.8 Å². The monoisotopic (exact) mass is 696 g/mol. The molecule has 0 aromatic heterocycles. The normalized spacial score (nSPS) is 13.6. The van der Waals surface area contributed by atoms with E-state index in [1.54, 1.807) is 12.1 Å². The van der Waals surface area contributed by atoms with Gasteiger partial charge in [-0.3, -0.25) is 19.2 Å². The van der Waals surface area contributed by atoms with Crippen LogP contribution >= 0.6 is 0 Å². The van der Waals surface area contributed by atoms with E-state index in [9.17, 15) is 29.4 Å². The van der Waals surface area contributed by atoms with E-state index in [2.05, 4.69) is 10.6 Å². The molecule has 2 aromatic carbocycles. The van der Waals surface area contributed by atoms with Crippen molar-refractivity contribution in [3.63, 3.8) is 0 Å². The maximum atomic E-state index is 12.8. The Balaban J connectivity index is 1.82. The van der Waals surface area contributed by atoms with Gasteiger partial charge in [0.05, 0.1) is 25.9 Å². The number of phenols is 2. The molecule has 10 nitrogen and oxygen atoms in total. The SMILES string of the molecule is CC(C)(C)c1cc(C(CC(=O)OCCNC(=O)C(=O)NCCOC(=O)CC(c2ccc(O)c(C(C)(C)C)c2)C(C)(C)C)C(C)(C)C)ccc1O. The van der Waals surface area contributed by atoms with E-state index in [-0.39, 0.29) is 84.1 Å². The summed E-state index contributed by atoms with van der Waals surface area (Å²) in [6.07, 6.45) is 0.211. The first kappa shape index (κ1) is 42.1. The molecule has 50 heavy (non-hydrogen) atoms. The minimum atomic E-state index is -0.895. The molecule has 0 saturated carbocycles. The van der Waals surface area contributed by atoms with Crippen molar-refractivity contribution in [2.75, 3.05) is 26.3 Å². The van der Waals surface area contributed by atoms with Crippen molar-refractivity contribution in [1.29, 1.82) is 0 Å². The van der Waals surface area contributed by atoms with Crippen LogP contribution in [-0.4, -0.2) is 60.3 Å². The quantitative estimate of drug-likeness (QED) is 0.108. The molecule has 2 rings (SSSR count). The Bertz CT molecular complexity index is 1390. The van der Waals surface area contributed by atoms with Crippen LogP contribution in [0.1, 0.15) is 130 Å². The predicted octanol–water partition coefficient (Wildman–Crippen LogP) is 6.75. The number of benzene rings is 2. The molecule has 2 aromatic rings. The molecule has 4 N–H and O–H groups in total. The van der Waals surface area contributed by atoms with E-state index < -0.39 is 23.8 Å². The summed E-state index contributed by atoms with van der Waals surface area (Å²) < 4.78 is 10.8. The zero-order valence-electron chi connectivity index (χ0n) is 32.2. The standard InChI is InChI=1S/C40H60N2O8/c1-37(2,3)27(25-13-15-31(43)29(21-25)39(7,8)9)23-33(45)49-19-17-41-35(47)36(48)42-18-20-50-34(46)24-28(38(4,5)6)26-14-16-32(44)30(22-26)40(10,11)12/h13-16,21-22,27-28,43-44H,17-20,23-24H2,1-12H3,(H,41,47)(H,42,48). The van der Waals surface area contributed by atoms with E-state index >= 15 is 0 Å². The molecule has 2 amide bonds. The Hall–Kier alpha value is -4.08. The minimum Gasteiger partial charge on any atom is -0.508 e. The van der Waals surface area contributed by atoms with Crippen LogP contribution in [0.4, 0.5) is 0 Å². The van der Waals surface area contributed by atoms with Crippen molar-refractivity contribution >= 4 is 23.8 Å². The number of esters is 2. The van der Waals surface area contributed by atoms with Gasteiger partial charge in [0.2, 0.25) is 0 Å². The number of carbonyl (C=O) groups is 4. The third kappa shape index (κ3) is 12.7. The Labute approximate surface area is 298 Å². The van der Waals surface area contributed by atoms with E-state index in [4.69, 9.17) is 9.47 Å². The van der Waals surface area contributed by atoms with Gasteiger partial charge in [-0.15, -0.1) is 0 Å². The smallest absolute Gasteiger partial charge is 0.309 e. The zero-order chi connectivity index (χ0) is 38.2. The number of hydrogen-bond donors (Lipinski definition) is 4. The first-order chi connectivity index (χ1) is 22.8. The van der Waals surface area contributed by atoms with Gasteiger partial charge in [0.1, 0.15) is 24.7 Å². The van der Waals surface area contributed by atoms with E-state index in [0.717, 1.165) is 22.3 Å². The van der Waals surface area contributed by atoms with E-state index in [0.29, 0.717) is 0 Å². The second-order valence-electron chi connectivity index (χ2n) is 17.3. The van der Waals surface area contributed by atoms with Crippen LogP contribution in [0.2, 0.25) is 0 Å². The highest BCUT2D eigenvalue weighted by Crippen LogP contribution is 2.42. The molecule has 2 unspecified atom stereocenters. The van der Waals surface area contributed by atoms with Crippen LogP contribution in [0.3, 0.4) is 0 Å². The topological polar surface area (TPSA) is 151 Å². The molecular weight excluding hydrogens is 636 g/mol. The highest BCUT2D eigenvalue weighted by atomic mass is 16.5. The second kappa shape index (κ2) is 16.8. The van der Waals surface area contributed by atoms with Gasteiger partial charge in [-0.1, -0.05) is 107 Å². The van der Waals surface area contributed by atoms with Crippen LogP contribution in [0.15, 0.2) is 36.4 Å². The molecule has 0 fully saturated rings. The average Bonchev–Trinajstić information content (AvgIpc) is 2.97. The first-order valence-corrected chi connectivity index (χ1v) is 17.4. The molecule has 2 atom stereocenters. The lowest BCUT2D eigenvalue weighted by atomic mass is 9.73. The number of carbonyl (C=O) groups excluding carboxylic acids is 4. The molecule has 0 radical (unpaired) electrons. The molecule has 0 aliphatic heterocycles. The lowest BCUT2D eigenvalue weighted by Crippen LogP contribution is -2.42. The van der Waals surface area contributed by atoms with Crippen LogP contribution in [0.5, 0.6) is 11.5 Å². The number of rotatable bonds is 12. The molecule has 0 aliphatic rings. The molecule has 0 saturated heterocycles. The van der Waals surface area contributed by atoms with Crippen molar-refractivity contribution in [3.8, 4) is 11.5 Å². The Morgan fingerprint density at radius 2 is 0.900 bits per heavy atom. The average molecular weight is 697 g/mol. The van der Waals surface area contributed by atoms with E-state index in [1.165, 1.54) is 0 Å². The summed E-state index contributed by atoms with van der Waals surface area (Å²) in [6, 6.07) is 10.9. The number of aromatic hydroxyl groups is 2.